The summed E-state index contributed by atoms with van der Waals surface area (Å²) in [5, 5.41) is 3.53. The second-order valence-corrected chi connectivity index (χ2v) is 3.72. The first kappa shape index (κ1) is 11.8. The summed E-state index contributed by atoms with van der Waals surface area (Å²) in [5.74, 6) is 0.829. The van der Waals surface area contributed by atoms with Crippen molar-refractivity contribution in [2.75, 3.05) is 6.54 Å². The predicted molar refractivity (Wildman–Crippen MR) is 61.3 cm³/mol. The molecule has 2 atom stereocenters. The Kier molecular flexibility index (Phi) is 3.76. The summed E-state index contributed by atoms with van der Waals surface area (Å²) in [6.45, 7) is 1.18. The van der Waals surface area contributed by atoms with Crippen LogP contribution < -0.4 is 5.32 Å². The number of nitrogens with one attached hydrogen (secondary N) is 1. The minimum atomic E-state index is 0. The Morgan fingerprint density at radius 1 is 1.36 bits per heavy atom. The molecule has 0 spiro atoms. The van der Waals surface area contributed by atoms with Crippen LogP contribution in [0.4, 0.5) is 0 Å². The van der Waals surface area contributed by atoms with Gasteiger partial charge in [-0.25, -0.2) is 0 Å². The molecule has 2 unspecified atom stereocenters. The Morgan fingerprint density at radius 2 is 2.21 bits per heavy atom. The standard InChI is InChI=1S/C10H12N2.2ClH/c1-2-8-9(11-4-1)6-7-3-5-12-10(7)8;;/h1-2,4,7,10,12H,3,5-6H2;2*1H. The molecule has 1 aliphatic carbocycles. The fourth-order valence-electron chi connectivity index (χ4n) is 2.49. The Morgan fingerprint density at radius 3 is 3.07 bits per heavy atom. The molecule has 3 rings (SSSR count). The molecule has 1 aromatic heterocycles. The van der Waals surface area contributed by atoms with Gasteiger partial charge in [-0.05, 0) is 36.9 Å². The van der Waals surface area contributed by atoms with Crippen LogP contribution in [0.25, 0.3) is 0 Å². The van der Waals surface area contributed by atoms with E-state index in [1.54, 1.807) is 0 Å². The van der Waals surface area contributed by atoms with Gasteiger partial charge in [-0.15, -0.1) is 24.8 Å². The van der Waals surface area contributed by atoms with Crippen LogP contribution in [0.2, 0.25) is 0 Å². The first-order valence-corrected chi connectivity index (χ1v) is 4.62. The lowest BCUT2D eigenvalue weighted by Gasteiger charge is -2.08. The van der Waals surface area contributed by atoms with Gasteiger partial charge in [0.1, 0.15) is 0 Å². The van der Waals surface area contributed by atoms with Gasteiger partial charge in [0.25, 0.3) is 0 Å². The third kappa shape index (κ3) is 1.62. The molecule has 1 aromatic rings. The van der Waals surface area contributed by atoms with Crippen LogP contribution in [0.5, 0.6) is 0 Å². The van der Waals surface area contributed by atoms with Gasteiger partial charge in [-0.3, -0.25) is 4.98 Å². The molecule has 14 heavy (non-hydrogen) atoms. The van der Waals surface area contributed by atoms with Crippen LogP contribution in [0.1, 0.15) is 23.7 Å². The van der Waals surface area contributed by atoms with Gasteiger partial charge in [0.05, 0.1) is 0 Å². The zero-order chi connectivity index (χ0) is 7.97. The highest BCUT2D eigenvalue weighted by molar-refractivity contribution is 5.85. The van der Waals surface area contributed by atoms with Crippen LogP contribution >= 0.6 is 24.8 Å². The van der Waals surface area contributed by atoms with E-state index in [0.29, 0.717) is 6.04 Å². The maximum atomic E-state index is 4.40. The van der Waals surface area contributed by atoms with Gasteiger partial charge < -0.3 is 5.32 Å². The minimum Gasteiger partial charge on any atom is -0.310 e. The van der Waals surface area contributed by atoms with E-state index in [0.717, 1.165) is 5.92 Å². The predicted octanol–water partition coefficient (Wildman–Crippen LogP) is 2.13. The fourth-order valence-corrected chi connectivity index (χ4v) is 2.49. The first-order chi connectivity index (χ1) is 5.95. The normalized spacial score (nSPS) is 27.1. The van der Waals surface area contributed by atoms with E-state index in [2.05, 4.69) is 16.4 Å². The van der Waals surface area contributed by atoms with Gasteiger partial charge in [0.15, 0.2) is 0 Å². The average Bonchev–Trinajstić information content (AvgIpc) is 2.62. The van der Waals surface area contributed by atoms with Crippen molar-refractivity contribution in [3.63, 3.8) is 0 Å². The molecule has 4 heteroatoms. The lowest BCUT2D eigenvalue weighted by molar-refractivity contribution is 0.503. The maximum Gasteiger partial charge on any atom is 0.0454 e. The summed E-state index contributed by atoms with van der Waals surface area (Å²) in [4.78, 5) is 4.40. The second-order valence-electron chi connectivity index (χ2n) is 3.72. The maximum absolute atomic E-state index is 4.40. The highest BCUT2D eigenvalue weighted by Crippen LogP contribution is 2.39. The molecule has 1 aliphatic heterocycles. The van der Waals surface area contributed by atoms with Gasteiger partial charge in [0.2, 0.25) is 0 Å². The molecule has 0 bridgehead atoms. The van der Waals surface area contributed by atoms with Crippen molar-refractivity contribution in [1.29, 1.82) is 0 Å². The molecule has 1 fully saturated rings. The number of hydrogen-bond donors (Lipinski definition) is 1. The largest absolute Gasteiger partial charge is 0.310 e. The van der Waals surface area contributed by atoms with Crippen LogP contribution in [0.15, 0.2) is 18.3 Å². The van der Waals surface area contributed by atoms with Crippen molar-refractivity contribution >= 4 is 24.8 Å². The molecule has 2 nitrogen and oxygen atoms in total. The van der Waals surface area contributed by atoms with E-state index >= 15 is 0 Å². The molecular formula is C10H14Cl2N2. The quantitative estimate of drug-likeness (QED) is 0.742. The van der Waals surface area contributed by atoms with Crippen LogP contribution in [-0.4, -0.2) is 11.5 Å². The third-order valence-electron chi connectivity index (χ3n) is 3.07. The molecule has 1 N–H and O–H groups in total. The van der Waals surface area contributed by atoms with Gasteiger partial charge in [0, 0.05) is 17.9 Å². The molecule has 0 saturated carbocycles. The lowest BCUT2D eigenvalue weighted by atomic mass is 10.0. The van der Waals surface area contributed by atoms with Crippen molar-refractivity contribution < 1.29 is 0 Å². The van der Waals surface area contributed by atoms with Gasteiger partial charge >= 0.3 is 0 Å². The van der Waals surface area contributed by atoms with Crippen molar-refractivity contribution in [2.24, 2.45) is 5.92 Å². The summed E-state index contributed by atoms with van der Waals surface area (Å²) >= 11 is 0. The molecular weight excluding hydrogens is 219 g/mol. The summed E-state index contributed by atoms with van der Waals surface area (Å²) in [6.07, 6.45) is 4.41. The van der Waals surface area contributed by atoms with E-state index in [-0.39, 0.29) is 24.8 Å². The highest BCUT2D eigenvalue weighted by Gasteiger charge is 2.35. The second kappa shape index (κ2) is 4.47. The summed E-state index contributed by atoms with van der Waals surface area (Å²) in [6, 6.07) is 4.88. The topological polar surface area (TPSA) is 24.9 Å². The smallest absolute Gasteiger partial charge is 0.0454 e. The third-order valence-corrected chi connectivity index (χ3v) is 3.07. The zero-order valence-electron chi connectivity index (χ0n) is 7.77. The van der Waals surface area contributed by atoms with E-state index in [1.165, 1.54) is 30.6 Å². The van der Waals surface area contributed by atoms with E-state index in [1.807, 2.05) is 12.3 Å². The molecule has 0 amide bonds. The molecule has 0 radical (unpaired) electrons. The number of halogens is 2. The zero-order valence-corrected chi connectivity index (χ0v) is 9.40. The fraction of sp³-hybridized carbons (Fsp3) is 0.500. The number of hydrogen-bond acceptors (Lipinski definition) is 2. The SMILES string of the molecule is Cl.Cl.c1cnc2c(c1)C1NCCC1C2. The van der Waals surface area contributed by atoms with Crippen molar-refractivity contribution in [3.05, 3.63) is 29.6 Å². The van der Waals surface area contributed by atoms with Crippen molar-refractivity contribution in [1.82, 2.24) is 10.3 Å². The average molecular weight is 233 g/mol. The van der Waals surface area contributed by atoms with Crippen LogP contribution in [0.3, 0.4) is 0 Å². The van der Waals surface area contributed by atoms with Crippen LogP contribution in [0, 0.1) is 5.92 Å². The summed E-state index contributed by atoms with van der Waals surface area (Å²) in [7, 11) is 0. The Bertz CT molecular complexity index is 317. The molecule has 0 aromatic carbocycles. The van der Waals surface area contributed by atoms with E-state index in [4.69, 9.17) is 0 Å². The number of rotatable bonds is 0. The van der Waals surface area contributed by atoms with Crippen LogP contribution in [-0.2, 0) is 6.42 Å². The molecule has 2 heterocycles. The monoisotopic (exact) mass is 232 g/mol. The summed E-state index contributed by atoms with van der Waals surface area (Å²) in [5.41, 5.74) is 2.76. The molecule has 78 valence electrons. The highest BCUT2D eigenvalue weighted by atomic mass is 35.5. The minimum absolute atomic E-state index is 0. The Labute approximate surface area is 96.3 Å². The summed E-state index contributed by atoms with van der Waals surface area (Å²) < 4.78 is 0. The number of aromatic nitrogens is 1. The Balaban J connectivity index is 0.000000490. The van der Waals surface area contributed by atoms with Gasteiger partial charge in [-0.1, -0.05) is 6.07 Å². The Hall–Kier alpha value is -0.310. The van der Waals surface area contributed by atoms with Crippen molar-refractivity contribution in [3.8, 4) is 0 Å². The lowest BCUT2D eigenvalue weighted by Crippen LogP contribution is -2.13. The van der Waals surface area contributed by atoms with E-state index in [9.17, 15) is 0 Å². The number of nitrogens with zero attached hydrogens (tertiary/aromatic N) is 1. The molecule has 2 aliphatic rings. The van der Waals surface area contributed by atoms with Gasteiger partial charge in [-0.2, -0.15) is 0 Å². The molecule has 1 saturated heterocycles. The number of pyridine rings is 1. The van der Waals surface area contributed by atoms with Crippen molar-refractivity contribution in [2.45, 2.75) is 18.9 Å². The van der Waals surface area contributed by atoms with E-state index < -0.39 is 0 Å². The first-order valence-electron chi connectivity index (χ1n) is 4.62. The number of fused-ring (bicyclic) bond motifs is 3.